The van der Waals surface area contributed by atoms with Crippen molar-refractivity contribution in [2.24, 2.45) is 11.1 Å². The maximum atomic E-state index is 11.4. The van der Waals surface area contributed by atoms with Crippen LogP contribution in [0.5, 0.6) is 0 Å². The minimum Gasteiger partial charge on any atom is -0.480 e. The predicted molar refractivity (Wildman–Crippen MR) is 72.6 cm³/mol. The first-order valence-electron chi connectivity index (χ1n) is 5.95. The zero-order chi connectivity index (χ0) is 14.0. The van der Waals surface area contributed by atoms with Crippen LogP contribution in [0.15, 0.2) is 42.5 Å². The van der Waals surface area contributed by atoms with Gasteiger partial charge < -0.3 is 10.8 Å². The summed E-state index contributed by atoms with van der Waals surface area (Å²) in [4.78, 5) is 22.7. The lowest BCUT2D eigenvalue weighted by molar-refractivity contribution is -0.153. The van der Waals surface area contributed by atoms with Crippen LogP contribution in [0.2, 0.25) is 0 Å². The summed E-state index contributed by atoms with van der Waals surface area (Å²) in [5, 5.41) is 11.2. The first-order valence-corrected chi connectivity index (χ1v) is 5.95. The number of benzene rings is 2. The van der Waals surface area contributed by atoms with Gasteiger partial charge in [-0.3, -0.25) is 9.59 Å². The summed E-state index contributed by atoms with van der Waals surface area (Å²) in [6, 6.07) is 13.3. The van der Waals surface area contributed by atoms with Gasteiger partial charge in [-0.05, 0) is 29.7 Å². The summed E-state index contributed by atoms with van der Waals surface area (Å²) < 4.78 is 0. The van der Waals surface area contributed by atoms with Crippen LogP contribution in [-0.2, 0) is 16.0 Å². The molecule has 0 aliphatic carbocycles. The maximum Gasteiger partial charge on any atom is 0.319 e. The van der Waals surface area contributed by atoms with Gasteiger partial charge in [0.25, 0.3) is 0 Å². The van der Waals surface area contributed by atoms with Crippen LogP contribution in [0.1, 0.15) is 12.5 Å². The third-order valence-electron chi connectivity index (χ3n) is 3.44. The van der Waals surface area contributed by atoms with Crippen molar-refractivity contribution in [2.75, 3.05) is 0 Å². The third-order valence-corrected chi connectivity index (χ3v) is 3.44. The monoisotopic (exact) mass is 257 g/mol. The highest BCUT2D eigenvalue weighted by molar-refractivity contribution is 6.01. The normalized spacial score (nSPS) is 13.9. The standard InChI is InChI=1S/C15H15NO3/c1-15(13(16)17,14(18)19)9-11-7-4-6-10-5-2-3-8-12(10)11/h2-8H,9H2,1H3,(H2,16,17)(H,18,19). The van der Waals surface area contributed by atoms with E-state index >= 15 is 0 Å². The number of fused-ring (bicyclic) bond motifs is 1. The molecule has 0 spiro atoms. The summed E-state index contributed by atoms with van der Waals surface area (Å²) in [5.41, 5.74) is 4.46. The highest BCUT2D eigenvalue weighted by atomic mass is 16.4. The molecule has 0 bridgehead atoms. The second-order valence-electron chi connectivity index (χ2n) is 4.82. The number of carbonyl (C=O) groups excluding carboxylic acids is 1. The fourth-order valence-corrected chi connectivity index (χ4v) is 2.10. The van der Waals surface area contributed by atoms with E-state index in [1.807, 2.05) is 42.5 Å². The van der Waals surface area contributed by atoms with Crippen LogP contribution in [0, 0.1) is 5.41 Å². The molecule has 1 unspecified atom stereocenters. The number of aliphatic carboxylic acids is 1. The Labute approximate surface area is 110 Å². The molecule has 19 heavy (non-hydrogen) atoms. The van der Waals surface area contributed by atoms with Gasteiger partial charge in [-0.1, -0.05) is 42.5 Å². The Balaban J connectivity index is 2.51. The molecule has 2 aromatic carbocycles. The van der Waals surface area contributed by atoms with Gasteiger partial charge in [-0.15, -0.1) is 0 Å². The van der Waals surface area contributed by atoms with E-state index in [4.69, 9.17) is 5.73 Å². The summed E-state index contributed by atoms with van der Waals surface area (Å²) in [5.74, 6) is -2.03. The summed E-state index contributed by atoms with van der Waals surface area (Å²) >= 11 is 0. The summed E-state index contributed by atoms with van der Waals surface area (Å²) in [7, 11) is 0. The lowest BCUT2D eigenvalue weighted by Crippen LogP contribution is -2.43. The Kier molecular flexibility index (Phi) is 3.25. The van der Waals surface area contributed by atoms with Crippen molar-refractivity contribution < 1.29 is 14.7 Å². The molecule has 3 N–H and O–H groups in total. The van der Waals surface area contributed by atoms with Gasteiger partial charge in [0, 0.05) is 0 Å². The number of carboxylic acid groups (broad SMARTS) is 1. The van der Waals surface area contributed by atoms with Crippen molar-refractivity contribution in [3.63, 3.8) is 0 Å². The van der Waals surface area contributed by atoms with Crippen LogP contribution < -0.4 is 5.73 Å². The van der Waals surface area contributed by atoms with Gasteiger partial charge >= 0.3 is 5.97 Å². The predicted octanol–water partition coefficient (Wildman–Crippen LogP) is 1.96. The van der Waals surface area contributed by atoms with Crippen LogP contribution in [0.25, 0.3) is 10.8 Å². The molecule has 4 heteroatoms. The minimum absolute atomic E-state index is 0.0824. The molecule has 98 valence electrons. The summed E-state index contributed by atoms with van der Waals surface area (Å²) in [6.07, 6.45) is 0.0824. The van der Waals surface area contributed by atoms with Crippen molar-refractivity contribution in [3.05, 3.63) is 48.0 Å². The minimum atomic E-state index is -1.59. The fourth-order valence-electron chi connectivity index (χ4n) is 2.10. The molecule has 2 rings (SSSR count). The van der Waals surface area contributed by atoms with E-state index in [-0.39, 0.29) is 6.42 Å². The highest BCUT2D eigenvalue weighted by Gasteiger charge is 2.40. The van der Waals surface area contributed by atoms with Crippen LogP contribution >= 0.6 is 0 Å². The molecule has 0 heterocycles. The average Bonchev–Trinajstić information content (AvgIpc) is 2.38. The Morgan fingerprint density at radius 1 is 1.16 bits per heavy atom. The molecule has 0 aromatic heterocycles. The first kappa shape index (κ1) is 13.1. The van der Waals surface area contributed by atoms with E-state index in [1.165, 1.54) is 6.92 Å². The smallest absolute Gasteiger partial charge is 0.319 e. The second-order valence-corrected chi connectivity index (χ2v) is 4.82. The molecule has 4 nitrogen and oxygen atoms in total. The molecule has 0 fully saturated rings. The lowest BCUT2D eigenvalue weighted by Gasteiger charge is -2.21. The molecule has 2 aromatic rings. The Morgan fingerprint density at radius 3 is 2.42 bits per heavy atom. The number of rotatable bonds is 4. The number of primary amides is 1. The molecule has 1 atom stereocenters. The topological polar surface area (TPSA) is 80.4 Å². The number of hydrogen-bond acceptors (Lipinski definition) is 2. The van der Waals surface area contributed by atoms with E-state index < -0.39 is 17.3 Å². The quantitative estimate of drug-likeness (QED) is 0.821. The molecular weight excluding hydrogens is 242 g/mol. The van der Waals surface area contributed by atoms with E-state index in [1.54, 1.807) is 0 Å². The van der Waals surface area contributed by atoms with Crippen molar-refractivity contribution in [3.8, 4) is 0 Å². The first-order chi connectivity index (χ1) is 8.95. The van der Waals surface area contributed by atoms with E-state index in [9.17, 15) is 14.7 Å². The number of carboxylic acids is 1. The van der Waals surface area contributed by atoms with E-state index in [2.05, 4.69) is 0 Å². The van der Waals surface area contributed by atoms with E-state index in [0.717, 1.165) is 16.3 Å². The van der Waals surface area contributed by atoms with Gasteiger partial charge in [0.15, 0.2) is 0 Å². The van der Waals surface area contributed by atoms with Crippen LogP contribution in [0.3, 0.4) is 0 Å². The van der Waals surface area contributed by atoms with Crippen molar-refractivity contribution in [2.45, 2.75) is 13.3 Å². The van der Waals surface area contributed by atoms with Gasteiger partial charge in [0.2, 0.25) is 5.91 Å². The van der Waals surface area contributed by atoms with Crippen molar-refractivity contribution in [1.29, 1.82) is 0 Å². The molecule has 0 aliphatic heterocycles. The van der Waals surface area contributed by atoms with E-state index in [0.29, 0.717) is 0 Å². The number of nitrogens with two attached hydrogens (primary N) is 1. The Hall–Kier alpha value is -2.36. The van der Waals surface area contributed by atoms with Crippen molar-refractivity contribution in [1.82, 2.24) is 0 Å². The largest absolute Gasteiger partial charge is 0.480 e. The molecule has 0 radical (unpaired) electrons. The third kappa shape index (κ3) is 2.29. The highest BCUT2D eigenvalue weighted by Crippen LogP contribution is 2.27. The van der Waals surface area contributed by atoms with Crippen LogP contribution in [0.4, 0.5) is 0 Å². The average molecular weight is 257 g/mol. The number of hydrogen-bond donors (Lipinski definition) is 2. The van der Waals surface area contributed by atoms with Crippen LogP contribution in [-0.4, -0.2) is 17.0 Å². The fraction of sp³-hybridized carbons (Fsp3) is 0.200. The zero-order valence-electron chi connectivity index (χ0n) is 10.6. The lowest BCUT2D eigenvalue weighted by atomic mass is 9.81. The maximum absolute atomic E-state index is 11.4. The Morgan fingerprint density at radius 2 is 1.79 bits per heavy atom. The molecular formula is C15H15NO3. The van der Waals surface area contributed by atoms with Gasteiger partial charge in [-0.25, -0.2) is 0 Å². The van der Waals surface area contributed by atoms with Gasteiger partial charge in [-0.2, -0.15) is 0 Å². The zero-order valence-corrected chi connectivity index (χ0v) is 10.6. The second kappa shape index (κ2) is 4.72. The molecule has 0 aliphatic rings. The number of amides is 1. The number of carbonyl (C=O) groups is 2. The summed E-state index contributed by atoms with van der Waals surface area (Å²) in [6.45, 7) is 1.36. The molecule has 1 amide bonds. The Bertz CT molecular complexity index is 629. The SMILES string of the molecule is CC(Cc1cccc2ccccc12)(C(N)=O)C(=O)O. The molecule has 0 saturated heterocycles. The van der Waals surface area contributed by atoms with Gasteiger partial charge in [0.05, 0.1) is 0 Å². The van der Waals surface area contributed by atoms with Gasteiger partial charge in [0.1, 0.15) is 5.41 Å². The van der Waals surface area contributed by atoms with Crippen molar-refractivity contribution >= 4 is 22.6 Å². The molecule has 0 saturated carbocycles.